The van der Waals surface area contributed by atoms with Crippen LogP contribution in [0.4, 0.5) is 0 Å². The molecule has 8 heteroatoms. The van der Waals surface area contributed by atoms with Crippen LogP contribution in [-0.2, 0) is 9.47 Å². The first-order valence-electron chi connectivity index (χ1n) is 6.93. The van der Waals surface area contributed by atoms with Gasteiger partial charge in [0.2, 0.25) is 0 Å². The number of ether oxygens (including phenoxy) is 3. The Morgan fingerprint density at radius 2 is 1.77 bits per heavy atom. The number of fused-ring (bicyclic) bond motifs is 1. The van der Waals surface area contributed by atoms with Gasteiger partial charge in [-0.05, 0) is 31.2 Å². The highest BCUT2D eigenvalue weighted by Crippen LogP contribution is 2.35. The average Bonchev–Trinajstić information content (AvgIpc) is 3.23. The maximum absolute atomic E-state index is 8.87. The van der Waals surface area contributed by atoms with Crippen LogP contribution in [0.5, 0.6) is 11.5 Å². The SMILES string of the molecule is CCOc1ccc(O)cc1.NCCO.OC1OC2OC2C1O. The molecule has 0 bridgehead atoms. The molecule has 2 aliphatic heterocycles. The molecular formula is C14H23NO7. The Hall–Kier alpha value is -1.42. The van der Waals surface area contributed by atoms with E-state index < -0.39 is 12.4 Å². The lowest BCUT2D eigenvalue weighted by Gasteiger charge is -2.07. The number of nitrogens with two attached hydrogens (primary N) is 1. The van der Waals surface area contributed by atoms with Crippen molar-refractivity contribution in [3.63, 3.8) is 0 Å². The smallest absolute Gasteiger partial charge is 0.190 e. The summed E-state index contributed by atoms with van der Waals surface area (Å²) in [5, 5.41) is 34.1. The summed E-state index contributed by atoms with van der Waals surface area (Å²) in [6.45, 7) is 3.05. The van der Waals surface area contributed by atoms with Crippen molar-refractivity contribution in [3.05, 3.63) is 24.3 Å². The van der Waals surface area contributed by atoms with Gasteiger partial charge in [0, 0.05) is 6.54 Å². The van der Waals surface area contributed by atoms with E-state index in [9.17, 15) is 0 Å². The number of aliphatic hydroxyl groups is 3. The Morgan fingerprint density at radius 3 is 2.09 bits per heavy atom. The number of benzene rings is 1. The lowest BCUT2D eigenvalue weighted by atomic mass is 10.3. The van der Waals surface area contributed by atoms with Gasteiger partial charge in [0.25, 0.3) is 0 Å². The molecule has 0 radical (unpaired) electrons. The number of hydrogen-bond acceptors (Lipinski definition) is 8. The van der Waals surface area contributed by atoms with E-state index in [2.05, 4.69) is 4.74 Å². The molecule has 0 spiro atoms. The molecule has 0 saturated carbocycles. The highest BCUT2D eigenvalue weighted by Gasteiger charge is 2.56. The highest BCUT2D eigenvalue weighted by molar-refractivity contribution is 5.29. The van der Waals surface area contributed by atoms with Gasteiger partial charge in [0.15, 0.2) is 12.6 Å². The Labute approximate surface area is 128 Å². The number of phenolic OH excluding ortho intramolecular Hbond substituents is 1. The van der Waals surface area contributed by atoms with Gasteiger partial charge in [0.05, 0.1) is 13.2 Å². The molecule has 4 atom stereocenters. The van der Waals surface area contributed by atoms with Crippen LogP contribution in [0.2, 0.25) is 0 Å². The lowest BCUT2D eigenvalue weighted by Crippen LogP contribution is -2.26. The number of rotatable bonds is 3. The lowest BCUT2D eigenvalue weighted by molar-refractivity contribution is -0.173. The van der Waals surface area contributed by atoms with E-state index in [1.165, 1.54) is 0 Å². The maximum Gasteiger partial charge on any atom is 0.190 e. The normalized spacial score (nSPS) is 27.7. The molecule has 0 aliphatic carbocycles. The summed E-state index contributed by atoms with van der Waals surface area (Å²) in [5.41, 5.74) is 4.78. The van der Waals surface area contributed by atoms with Crippen LogP contribution in [0.15, 0.2) is 24.3 Å². The van der Waals surface area contributed by atoms with Crippen LogP contribution in [0.1, 0.15) is 6.92 Å². The van der Waals surface area contributed by atoms with Crippen LogP contribution in [-0.4, -0.2) is 65.0 Å². The zero-order valence-corrected chi connectivity index (χ0v) is 12.3. The van der Waals surface area contributed by atoms with Gasteiger partial charge in [0.1, 0.15) is 23.7 Å². The summed E-state index contributed by atoms with van der Waals surface area (Å²) in [4.78, 5) is 0. The molecule has 6 N–H and O–H groups in total. The van der Waals surface area contributed by atoms with Crippen molar-refractivity contribution in [2.75, 3.05) is 19.8 Å². The largest absolute Gasteiger partial charge is 0.508 e. The molecule has 0 amide bonds. The van der Waals surface area contributed by atoms with E-state index in [1.807, 2.05) is 6.92 Å². The molecule has 8 nitrogen and oxygen atoms in total. The monoisotopic (exact) mass is 317 g/mol. The van der Waals surface area contributed by atoms with Crippen LogP contribution < -0.4 is 10.5 Å². The second kappa shape index (κ2) is 9.57. The van der Waals surface area contributed by atoms with Gasteiger partial charge in [-0.3, -0.25) is 0 Å². The van der Waals surface area contributed by atoms with Gasteiger partial charge >= 0.3 is 0 Å². The Balaban J connectivity index is 0.000000181. The fourth-order valence-corrected chi connectivity index (χ4v) is 1.55. The fraction of sp³-hybridized carbons (Fsp3) is 0.571. The predicted molar refractivity (Wildman–Crippen MR) is 77.2 cm³/mol. The molecule has 0 aromatic heterocycles. The van der Waals surface area contributed by atoms with Crippen LogP contribution in [0, 0.1) is 0 Å². The minimum atomic E-state index is -1.03. The van der Waals surface area contributed by atoms with E-state index in [0.29, 0.717) is 13.2 Å². The zero-order chi connectivity index (χ0) is 16.5. The number of aliphatic hydroxyl groups excluding tert-OH is 3. The second-order valence-corrected chi connectivity index (χ2v) is 4.43. The van der Waals surface area contributed by atoms with Gasteiger partial charge in [-0.25, -0.2) is 0 Å². The number of epoxide rings is 1. The highest BCUT2D eigenvalue weighted by atomic mass is 16.8. The van der Waals surface area contributed by atoms with Crippen LogP contribution in [0.25, 0.3) is 0 Å². The first-order valence-corrected chi connectivity index (χ1v) is 6.93. The molecule has 2 saturated heterocycles. The van der Waals surface area contributed by atoms with Crippen molar-refractivity contribution in [2.24, 2.45) is 5.73 Å². The number of aromatic hydroxyl groups is 1. The second-order valence-electron chi connectivity index (χ2n) is 4.43. The number of hydrogen-bond donors (Lipinski definition) is 5. The summed E-state index contributed by atoms with van der Waals surface area (Å²) in [7, 11) is 0. The van der Waals surface area contributed by atoms with Crippen molar-refractivity contribution in [3.8, 4) is 11.5 Å². The molecule has 2 fully saturated rings. The van der Waals surface area contributed by atoms with Crippen molar-refractivity contribution < 1.29 is 34.6 Å². The van der Waals surface area contributed by atoms with Gasteiger partial charge in [-0.15, -0.1) is 0 Å². The molecule has 2 aliphatic rings. The van der Waals surface area contributed by atoms with Crippen molar-refractivity contribution >= 4 is 0 Å². The third-order valence-electron chi connectivity index (χ3n) is 2.66. The predicted octanol–water partition coefficient (Wildman–Crippen LogP) is -0.851. The summed E-state index contributed by atoms with van der Waals surface area (Å²) >= 11 is 0. The fourth-order valence-electron chi connectivity index (χ4n) is 1.55. The molecule has 1 aromatic carbocycles. The Kier molecular flexibility index (Phi) is 8.10. The molecule has 3 rings (SSSR count). The maximum atomic E-state index is 8.87. The van der Waals surface area contributed by atoms with Crippen LogP contribution in [0.3, 0.4) is 0 Å². The van der Waals surface area contributed by atoms with E-state index in [-0.39, 0.29) is 24.8 Å². The average molecular weight is 317 g/mol. The summed E-state index contributed by atoms with van der Waals surface area (Å²) in [6, 6.07) is 6.67. The van der Waals surface area contributed by atoms with Crippen molar-refractivity contribution in [1.29, 1.82) is 0 Å². The topological polar surface area (TPSA) is 138 Å². The summed E-state index contributed by atoms with van der Waals surface area (Å²) in [5.74, 6) is 1.06. The Bertz CT molecular complexity index is 410. The van der Waals surface area contributed by atoms with Crippen molar-refractivity contribution in [2.45, 2.75) is 31.7 Å². The number of phenols is 1. The molecule has 2 heterocycles. The zero-order valence-electron chi connectivity index (χ0n) is 12.3. The Morgan fingerprint density at radius 1 is 1.18 bits per heavy atom. The summed E-state index contributed by atoms with van der Waals surface area (Å²) in [6.07, 6.45) is -2.45. The molecule has 22 heavy (non-hydrogen) atoms. The quantitative estimate of drug-likeness (QED) is 0.454. The first kappa shape index (κ1) is 18.6. The van der Waals surface area contributed by atoms with E-state index in [0.717, 1.165) is 5.75 Å². The molecular weight excluding hydrogens is 294 g/mol. The third-order valence-corrected chi connectivity index (χ3v) is 2.66. The third kappa shape index (κ3) is 6.14. The minimum absolute atomic E-state index is 0.0972. The summed E-state index contributed by atoms with van der Waals surface area (Å²) < 4.78 is 14.5. The molecule has 126 valence electrons. The minimum Gasteiger partial charge on any atom is -0.508 e. The first-order chi connectivity index (χ1) is 10.5. The van der Waals surface area contributed by atoms with Crippen LogP contribution >= 0.6 is 0 Å². The molecule has 1 aromatic rings. The van der Waals surface area contributed by atoms with E-state index in [4.69, 9.17) is 35.6 Å². The van der Waals surface area contributed by atoms with Crippen molar-refractivity contribution in [1.82, 2.24) is 0 Å². The van der Waals surface area contributed by atoms with E-state index >= 15 is 0 Å². The van der Waals surface area contributed by atoms with Gasteiger partial charge in [-0.2, -0.15) is 0 Å². The molecule has 4 unspecified atom stereocenters. The van der Waals surface area contributed by atoms with Gasteiger partial charge in [-0.1, -0.05) is 0 Å². The standard InChI is InChI=1S/C8H10O2.C4H6O4.C2H7NO/c1-2-10-8-5-3-7(9)4-6-8;5-1-2-4(7-2)8-3(1)6;3-1-2-4/h3-6,9H,2H2,1H3;1-6H;4H,1-3H2. The van der Waals surface area contributed by atoms with Gasteiger partial charge < -0.3 is 40.4 Å². The van der Waals surface area contributed by atoms with E-state index in [1.54, 1.807) is 24.3 Å².